The van der Waals surface area contributed by atoms with Gasteiger partial charge in [0.1, 0.15) is 5.66 Å². The molecular weight excluding hydrogens is 218 g/mol. The Morgan fingerprint density at radius 2 is 2.00 bits per heavy atom. The van der Waals surface area contributed by atoms with Crippen molar-refractivity contribution < 1.29 is 0 Å². The molecule has 1 aromatic rings. The Bertz CT molecular complexity index is 379. The van der Waals surface area contributed by atoms with Crippen molar-refractivity contribution in [1.29, 1.82) is 0 Å². The fourth-order valence-corrected chi connectivity index (χ4v) is 2.37. The Morgan fingerprint density at radius 1 is 1.31 bits per heavy atom. The smallest absolute Gasteiger partial charge is 0.189 e. The SMILES string of the molecule is CCC[C@@]1(C)NC(=S)N(c2ccccc2)N1. The van der Waals surface area contributed by atoms with Crippen molar-refractivity contribution >= 4 is 23.0 Å². The van der Waals surface area contributed by atoms with E-state index in [2.05, 4.69) is 24.6 Å². The van der Waals surface area contributed by atoms with Gasteiger partial charge in [0, 0.05) is 0 Å². The van der Waals surface area contributed by atoms with Crippen LogP contribution in [0.1, 0.15) is 26.7 Å². The van der Waals surface area contributed by atoms with Crippen LogP contribution in [0.2, 0.25) is 0 Å². The molecule has 4 heteroatoms. The molecule has 0 bridgehead atoms. The summed E-state index contributed by atoms with van der Waals surface area (Å²) in [4.78, 5) is 0. The average molecular weight is 235 g/mol. The molecule has 86 valence electrons. The molecule has 1 aliphatic rings. The minimum atomic E-state index is -0.123. The fourth-order valence-electron chi connectivity index (χ4n) is 1.99. The summed E-state index contributed by atoms with van der Waals surface area (Å²) in [6, 6.07) is 10.1. The Hall–Kier alpha value is -1.13. The van der Waals surface area contributed by atoms with Gasteiger partial charge in [0.2, 0.25) is 0 Å². The number of hydrogen-bond acceptors (Lipinski definition) is 2. The topological polar surface area (TPSA) is 27.3 Å². The molecule has 0 saturated carbocycles. The largest absolute Gasteiger partial charge is 0.342 e. The highest BCUT2D eigenvalue weighted by Gasteiger charge is 2.35. The van der Waals surface area contributed by atoms with E-state index in [1.54, 1.807) is 0 Å². The Morgan fingerprint density at radius 3 is 2.62 bits per heavy atom. The second kappa shape index (κ2) is 4.39. The third-order valence-corrected chi connectivity index (χ3v) is 2.99. The van der Waals surface area contributed by atoms with Crippen molar-refractivity contribution in [2.75, 3.05) is 5.01 Å². The molecule has 16 heavy (non-hydrogen) atoms. The van der Waals surface area contributed by atoms with E-state index in [4.69, 9.17) is 12.2 Å². The van der Waals surface area contributed by atoms with Crippen molar-refractivity contribution in [3.05, 3.63) is 30.3 Å². The Labute approximate surface area is 102 Å². The molecule has 0 amide bonds. The molecule has 1 atom stereocenters. The summed E-state index contributed by atoms with van der Waals surface area (Å²) in [5, 5.41) is 6.00. The predicted octanol–water partition coefficient (Wildman–Crippen LogP) is 2.40. The summed E-state index contributed by atoms with van der Waals surface area (Å²) < 4.78 is 0. The maximum Gasteiger partial charge on any atom is 0.189 e. The van der Waals surface area contributed by atoms with Crippen LogP contribution in [0.4, 0.5) is 5.69 Å². The van der Waals surface area contributed by atoms with E-state index in [0.717, 1.165) is 23.6 Å². The molecule has 1 aromatic carbocycles. The molecular formula is C12H17N3S. The van der Waals surface area contributed by atoms with E-state index < -0.39 is 0 Å². The first-order valence-corrected chi connectivity index (χ1v) is 6.00. The molecule has 1 heterocycles. The van der Waals surface area contributed by atoms with Gasteiger partial charge >= 0.3 is 0 Å². The highest BCUT2D eigenvalue weighted by molar-refractivity contribution is 7.80. The molecule has 0 aromatic heterocycles. The maximum atomic E-state index is 5.34. The van der Waals surface area contributed by atoms with Crippen molar-refractivity contribution in [3.8, 4) is 0 Å². The van der Waals surface area contributed by atoms with Gasteiger partial charge in [-0.1, -0.05) is 31.5 Å². The number of hydrogen-bond donors (Lipinski definition) is 2. The zero-order valence-electron chi connectivity index (χ0n) is 9.66. The zero-order chi connectivity index (χ0) is 11.6. The van der Waals surface area contributed by atoms with Gasteiger partial charge in [0.15, 0.2) is 5.11 Å². The lowest BCUT2D eigenvalue weighted by atomic mass is 10.1. The summed E-state index contributed by atoms with van der Waals surface area (Å²) in [5.41, 5.74) is 4.36. The van der Waals surface area contributed by atoms with Gasteiger partial charge in [-0.25, -0.2) is 5.43 Å². The van der Waals surface area contributed by atoms with E-state index in [1.807, 2.05) is 35.3 Å². The van der Waals surface area contributed by atoms with Gasteiger partial charge in [-0.3, -0.25) is 5.01 Å². The number of hydrazine groups is 1. The number of anilines is 1. The maximum absolute atomic E-state index is 5.34. The highest BCUT2D eigenvalue weighted by Crippen LogP contribution is 2.21. The van der Waals surface area contributed by atoms with E-state index in [9.17, 15) is 0 Å². The van der Waals surface area contributed by atoms with Crippen molar-refractivity contribution in [1.82, 2.24) is 10.7 Å². The second-order valence-corrected chi connectivity index (χ2v) is 4.68. The third-order valence-electron chi connectivity index (χ3n) is 2.71. The summed E-state index contributed by atoms with van der Waals surface area (Å²) in [6.07, 6.45) is 2.15. The average Bonchev–Trinajstić information content (AvgIpc) is 2.56. The first-order chi connectivity index (χ1) is 7.64. The zero-order valence-corrected chi connectivity index (χ0v) is 10.5. The fraction of sp³-hybridized carbons (Fsp3) is 0.417. The van der Waals surface area contributed by atoms with Crippen LogP contribution >= 0.6 is 12.2 Å². The van der Waals surface area contributed by atoms with Crippen molar-refractivity contribution in [3.63, 3.8) is 0 Å². The number of benzene rings is 1. The van der Waals surface area contributed by atoms with E-state index in [1.165, 1.54) is 0 Å². The number of para-hydroxylation sites is 1. The van der Waals surface area contributed by atoms with E-state index >= 15 is 0 Å². The molecule has 3 nitrogen and oxygen atoms in total. The second-order valence-electron chi connectivity index (χ2n) is 4.30. The van der Waals surface area contributed by atoms with Crippen LogP contribution in [0.15, 0.2) is 30.3 Å². The van der Waals surface area contributed by atoms with Crippen LogP contribution in [0.3, 0.4) is 0 Å². The van der Waals surface area contributed by atoms with E-state index in [0.29, 0.717) is 0 Å². The van der Waals surface area contributed by atoms with Crippen LogP contribution in [0, 0.1) is 0 Å². The van der Waals surface area contributed by atoms with Gasteiger partial charge in [-0.05, 0) is 37.7 Å². The van der Waals surface area contributed by atoms with Crippen LogP contribution in [-0.4, -0.2) is 10.8 Å². The first-order valence-electron chi connectivity index (χ1n) is 5.60. The molecule has 0 spiro atoms. The van der Waals surface area contributed by atoms with E-state index in [-0.39, 0.29) is 5.66 Å². The molecule has 1 aliphatic heterocycles. The summed E-state index contributed by atoms with van der Waals surface area (Å²) >= 11 is 5.34. The Kier molecular flexibility index (Phi) is 3.12. The first kappa shape index (κ1) is 11.4. The minimum Gasteiger partial charge on any atom is -0.342 e. The predicted molar refractivity (Wildman–Crippen MR) is 71.1 cm³/mol. The Balaban J connectivity index is 2.17. The molecule has 2 N–H and O–H groups in total. The van der Waals surface area contributed by atoms with Crippen LogP contribution < -0.4 is 15.8 Å². The van der Waals surface area contributed by atoms with Crippen molar-refractivity contribution in [2.24, 2.45) is 0 Å². The number of nitrogens with one attached hydrogen (secondary N) is 2. The quantitative estimate of drug-likeness (QED) is 0.787. The van der Waals surface area contributed by atoms with Crippen molar-refractivity contribution in [2.45, 2.75) is 32.4 Å². The highest BCUT2D eigenvalue weighted by atomic mass is 32.1. The van der Waals surface area contributed by atoms with Gasteiger partial charge in [0.25, 0.3) is 0 Å². The molecule has 1 saturated heterocycles. The summed E-state index contributed by atoms with van der Waals surface area (Å²) in [7, 11) is 0. The lowest BCUT2D eigenvalue weighted by molar-refractivity contribution is 0.344. The molecule has 1 fully saturated rings. The molecule has 0 unspecified atom stereocenters. The molecule has 0 aliphatic carbocycles. The summed E-state index contributed by atoms with van der Waals surface area (Å²) in [5.74, 6) is 0. The molecule has 0 radical (unpaired) electrons. The van der Waals surface area contributed by atoms with Crippen LogP contribution in [0.5, 0.6) is 0 Å². The summed E-state index contributed by atoms with van der Waals surface area (Å²) in [6.45, 7) is 4.30. The van der Waals surface area contributed by atoms with Gasteiger partial charge in [-0.2, -0.15) is 0 Å². The lowest BCUT2D eigenvalue weighted by Crippen LogP contribution is -2.48. The van der Waals surface area contributed by atoms with Gasteiger partial charge in [-0.15, -0.1) is 0 Å². The third kappa shape index (κ3) is 2.18. The number of thiocarbonyl (C=S) groups is 1. The number of rotatable bonds is 3. The minimum absolute atomic E-state index is 0.123. The van der Waals surface area contributed by atoms with Crippen LogP contribution in [-0.2, 0) is 0 Å². The molecule has 2 rings (SSSR count). The standard InChI is InChI=1S/C12H17N3S/c1-3-9-12(2)13-11(16)15(14-12)10-7-5-4-6-8-10/h4-8,14H,3,9H2,1-2H3,(H,13,16)/t12-/m0/s1. The lowest BCUT2D eigenvalue weighted by Gasteiger charge is -2.24. The number of nitrogens with zero attached hydrogens (tertiary/aromatic N) is 1. The van der Waals surface area contributed by atoms with Gasteiger partial charge < -0.3 is 5.32 Å². The monoisotopic (exact) mass is 235 g/mol. The normalized spacial score (nSPS) is 24.6. The van der Waals surface area contributed by atoms with Gasteiger partial charge in [0.05, 0.1) is 5.69 Å². The van der Waals surface area contributed by atoms with Crippen LogP contribution in [0.25, 0.3) is 0 Å².